The van der Waals surface area contributed by atoms with Crippen LogP contribution in [0.15, 0.2) is 55.1 Å². The van der Waals surface area contributed by atoms with Gasteiger partial charge in [0.15, 0.2) is 11.6 Å². The van der Waals surface area contributed by atoms with E-state index in [1.54, 1.807) is 18.2 Å². The Morgan fingerprint density at radius 2 is 1.16 bits per heavy atom. The average Bonchev–Trinajstić information content (AvgIpc) is 4.44. The van der Waals surface area contributed by atoms with Crippen molar-refractivity contribution in [2.45, 2.75) is 170 Å². The molecule has 7 rings (SSSR count). The third-order valence-electron chi connectivity index (χ3n) is 14.4. The van der Waals surface area contributed by atoms with Gasteiger partial charge in [-0.3, -0.25) is 13.6 Å². The van der Waals surface area contributed by atoms with Gasteiger partial charge in [-0.05, 0) is 54.4 Å². The number of ether oxygens (including phenoxy) is 5. The number of nitrogen functional groups attached to an aromatic ring is 2. The summed E-state index contributed by atoms with van der Waals surface area (Å²) in [5.74, 6) is 0.555. The number of anilines is 2. The van der Waals surface area contributed by atoms with Crippen LogP contribution in [0.5, 0.6) is 5.75 Å². The van der Waals surface area contributed by atoms with Gasteiger partial charge in [-0.1, -0.05) is 103 Å². The summed E-state index contributed by atoms with van der Waals surface area (Å²) < 4.78 is 65.1. The minimum absolute atomic E-state index is 0.00171. The summed E-state index contributed by atoms with van der Waals surface area (Å²) >= 11 is 0. The van der Waals surface area contributed by atoms with Crippen molar-refractivity contribution in [3.8, 4) is 24.0 Å². The summed E-state index contributed by atoms with van der Waals surface area (Å²) in [7, 11) is -3.51. The van der Waals surface area contributed by atoms with Gasteiger partial charge >= 0.3 is 7.82 Å². The fraction of sp³-hybridized carbons (Fsp3) is 0.611. The lowest BCUT2D eigenvalue weighted by Gasteiger charge is -2.26. The van der Waals surface area contributed by atoms with Crippen LogP contribution < -0.4 is 16.2 Å². The van der Waals surface area contributed by atoms with E-state index < -0.39 is 81.6 Å². The number of nitrogens with zero attached hydrogens (tertiary/aromatic N) is 9. The molecular formula is C54H74N11O13P. The summed E-state index contributed by atoms with van der Waals surface area (Å²) in [6, 6.07) is 16.7. The van der Waals surface area contributed by atoms with Crippen LogP contribution in [0.1, 0.15) is 132 Å². The molecule has 25 heteroatoms. The van der Waals surface area contributed by atoms with E-state index in [1.165, 1.54) is 117 Å². The molecule has 4 aromatic heterocycles. The number of nitrogens with two attached hydrogens (primary N) is 2. The van der Waals surface area contributed by atoms with E-state index in [0.717, 1.165) is 38.3 Å². The highest BCUT2D eigenvalue weighted by Crippen LogP contribution is 2.52. The number of benzene rings is 1. The van der Waals surface area contributed by atoms with Gasteiger partial charge in [0.1, 0.15) is 84.3 Å². The summed E-state index contributed by atoms with van der Waals surface area (Å²) in [5, 5.41) is 84.7. The van der Waals surface area contributed by atoms with E-state index in [0.29, 0.717) is 23.5 Å². The van der Waals surface area contributed by atoms with Gasteiger partial charge in [-0.25, -0.2) is 23.6 Å². The van der Waals surface area contributed by atoms with Crippen molar-refractivity contribution in [3.05, 3.63) is 77.6 Å². The zero-order valence-electron chi connectivity index (χ0n) is 44.9. The van der Waals surface area contributed by atoms with Gasteiger partial charge in [0.25, 0.3) is 0 Å². The Balaban J connectivity index is 1.03. The van der Waals surface area contributed by atoms with Gasteiger partial charge in [0.05, 0.1) is 63.2 Å². The number of fused-ring (bicyclic) bond motifs is 2. The molecule has 428 valence electrons. The molecule has 79 heavy (non-hydrogen) atoms. The number of rotatable bonds is 34. The topological polar surface area (TPSA) is 356 Å². The molecule has 0 bridgehead atoms. The number of aliphatic hydroxyl groups is 4. The van der Waals surface area contributed by atoms with Crippen LogP contribution in [-0.2, 0) is 54.9 Å². The number of hydrogen-bond acceptors (Lipinski definition) is 22. The SMILES string of the molecule is CCCCCCCCCCCCCCCCCCOC[C@H](COP(=O)(OC[C@H]1O[C@@](C#N)(c2ccc3c(N)ncnn23)[C@H](O)[C@@H]1O)OC[C@H]1O[C@@](C#N)(c2ccc3c(N)ncnn23)[C@H](O)[C@@H]1O)OCc1cc(C#N)cc(OC)c1. The van der Waals surface area contributed by atoms with Crippen LogP contribution in [0.3, 0.4) is 0 Å². The Morgan fingerprint density at radius 1 is 0.684 bits per heavy atom. The second-order valence-corrected chi connectivity index (χ2v) is 21.7. The maximum absolute atomic E-state index is 15.0. The van der Waals surface area contributed by atoms with Crippen molar-refractivity contribution in [2.75, 3.05) is 51.6 Å². The van der Waals surface area contributed by atoms with Crippen LogP contribution in [0.2, 0.25) is 0 Å². The summed E-state index contributed by atoms with van der Waals surface area (Å²) in [5.41, 5.74) is 9.02. The summed E-state index contributed by atoms with van der Waals surface area (Å²) in [6.07, 6.45) is 10.3. The molecule has 2 fully saturated rings. The maximum atomic E-state index is 15.0. The molecule has 5 aromatic rings. The lowest BCUT2D eigenvalue weighted by molar-refractivity contribution is -0.0802. The molecule has 2 aliphatic heterocycles. The largest absolute Gasteiger partial charge is 0.497 e. The zero-order valence-corrected chi connectivity index (χ0v) is 45.8. The van der Waals surface area contributed by atoms with E-state index in [4.69, 9.17) is 48.7 Å². The maximum Gasteiger partial charge on any atom is 0.475 e. The van der Waals surface area contributed by atoms with Crippen LogP contribution in [0.4, 0.5) is 11.6 Å². The third kappa shape index (κ3) is 14.7. The number of aliphatic hydroxyl groups excluding tert-OH is 4. The Kier molecular flexibility index (Phi) is 22.3. The molecule has 2 aliphatic rings. The predicted molar refractivity (Wildman–Crippen MR) is 285 cm³/mol. The smallest absolute Gasteiger partial charge is 0.475 e. The van der Waals surface area contributed by atoms with Gasteiger partial charge in [0, 0.05) is 6.61 Å². The molecule has 8 N–H and O–H groups in total. The number of phosphoric ester groups is 1. The van der Waals surface area contributed by atoms with Crippen LogP contribution in [0, 0.1) is 34.0 Å². The predicted octanol–water partition coefficient (Wildman–Crippen LogP) is 6.22. The Morgan fingerprint density at radius 3 is 1.62 bits per heavy atom. The number of hydrogen-bond donors (Lipinski definition) is 6. The van der Waals surface area contributed by atoms with Crippen molar-refractivity contribution < 1.29 is 62.2 Å². The quantitative estimate of drug-likeness (QED) is 0.0197. The van der Waals surface area contributed by atoms with Crippen LogP contribution in [0.25, 0.3) is 11.0 Å². The average molecular weight is 1120 g/mol. The zero-order chi connectivity index (χ0) is 56.4. The van der Waals surface area contributed by atoms with Gasteiger partial charge in [0.2, 0.25) is 11.2 Å². The minimum atomic E-state index is -4.98. The van der Waals surface area contributed by atoms with Crippen molar-refractivity contribution in [1.29, 1.82) is 15.8 Å². The molecule has 0 saturated carbocycles. The fourth-order valence-corrected chi connectivity index (χ4v) is 11.2. The first-order valence-electron chi connectivity index (χ1n) is 27.2. The van der Waals surface area contributed by atoms with Crippen molar-refractivity contribution >= 4 is 30.5 Å². The normalized spacial score (nSPS) is 23.5. The van der Waals surface area contributed by atoms with Gasteiger partial charge in [-0.15, -0.1) is 0 Å². The molecule has 2 saturated heterocycles. The Hall–Kier alpha value is -5.88. The number of phosphoric acid groups is 1. The lowest BCUT2D eigenvalue weighted by atomic mass is 9.92. The van der Waals surface area contributed by atoms with E-state index in [9.17, 15) is 36.2 Å². The third-order valence-corrected chi connectivity index (χ3v) is 15.8. The first-order valence-corrected chi connectivity index (χ1v) is 28.6. The number of unbranched alkanes of at least 4 members (excludes halogenated alkanes) is 15. The highest BCUT2D eigenvalue weighted by molar-refractivity contribution is 7.48. The molecule has 6 heterocycles. The second-order valence-electron chi connectivity index (χ2n) is 20.0. The van der Waals surface area contributed by atoms with Crippen molar-refractivity contribution in [2.24, 2.45) is 0 Å². The molecule has 0 radical (unpaired) electrons. The summed E-state index contributed by atoms with van der Waals surface area (Å²) in [6.45, 7) is 0.332. The Labute approximate surface area is 459 Å². The van der Waals surface area contributed by atoms with E-state index in [2.05, 4.69) is 33.2 Å². The molecule has 0 unspecified atom stereocenters. The lowest BCUT2D eigenvalue weighted by Crippen LogP contribution is -2.41. The Bertz CT molecular complexity index is 2800. The molecule has 1 aromatic carbocycles. The molecule has 0 amide bonds. The van der Waals surface area contributed by atoms with Gasteiger partial charge in [-0.2, -0.15) is 26.0 Å². The molecule has 0 spiro atoms. The number of methoxy groups -OCH3 is 1. The van der Waals surface area contributed by atoms with Crippen LogP contribution >= 0.6 is 7.82 Å². The van der Waals surface area contributed by atoms with E-state index in [-0.39, 0.29) is 47.3 Å². The summed E-state index contributed by atoms with van der Waals surface area (Å²) in [4.78, 5) is 7.91. The number of nitriles is 3. The monoisotopic (exact) mass is 1120 g/mol. The first kappa shape index (κ1) is 60.8. The first-order chi connectivity index (χ1) is 38.3. The van der Waals surface area contributed by atoms with E-state index in [1.807, 2.05) is 12.1 Å². The van der Waals surface area contributed by atoms with Gasteiger partial charge < -0.3 is 55.6 Å². The fourth-order valence-electron chi connectivity index (χ4n) is 9.97. The van der Waals surface area contributed by atoms with E-state index >= 15 is 4.57 Å². The van der Waals surface area contributed by atoms with Crippen molar-refractivity contribution in [3.63, 3.8) is 0 Å². The van der Waals surface area contributed by atoms with Crippen LogP contribution in [-0.4, -0.2) is 132 Å². The molecule has 0 aliphatic carbocycles. The highest BCUT2D eigenvalue weighted by atomic mass is 31.2. The number of aromatic nitrogens is 6. The second kappa shape index (κ2) is 29.0. The molecular weight excluding hydrogens is 1040 g/mol. The van der Waals surface area contributed by atoms with Crippen molar-refractivity contribution in [1.82, 2.24) is 29.2 Å². The standard InChI is InChI=1S/C54H74N11O13P/c1-3-4-5-6-7-8-9-10-11-12-13-14-15-16-17-18-23-72-29-40(73-28-38-24-37(27-55)25-39(26-38)71-2)30-74-79(70,75-31-43-47(66)49(68)53(33-56,77-43)45-21-19-41-51(58)60-35-62-64(41)45)76-32-44-48(67)50(69)54(34-57,78-44)46-22-20-42-52(59)61-36-63-65(42)46/h19-22,24-26,35-36,40,43-44,47-50,66-69H,3-18,23,28-32H2,1-2H3,(H2,58,60,62)(H2,59,61,63)/t40-,43-,44-,47-,48-,49-,50-,53+,54+/m1/s1. The minimum Gasteiger partial charge on any atom is -0.497 e. The molecule has 24 nitrogen and oxygen atoms in total. The highest BCUT2D eigenvalue weighted by Gasteiger charge is 2.59. The molecule has 9 atom stereocenters.